The number of nitrogens with one attached hydrogen (secondary N) is 2. The number of carboxylic acids is 2. The molecule has 0 saturated carbocycles. The zero-order valence-electron chi connectivity index (χ0n) is 23.9. The minimum atomic E-state index is -5.08. The van der Waals surface area contributed by atoms with Crippen LogP contribution in [0.25, 0.3) is 11.0 Å². The molecule has 250 valence electrons. The number of halogens is 6. The van der Waals surface area contributed by atoms with Gasteiger partial charge in [-0.05, 0) is 36.6 Å². The van der Waals surface area contributed by atoms with E-state index in [0.717, 1.165) is 43.4 Å². The number of carbonyl (C=O) groups excluding carboxylic acids is 2. The Morgan fingerprint density at radius 1 is 0.978 bits per heavy atom. The standard InChI is InChI=1S/C24H27N5O3.2C2HF3O2/c30-22(21-14-19-5-1-2-6-20(19)32-21)26-10-13-28-11-7-24(8-12-28)23(31)27-17-29(24)16-18-4-3-9-25-15-18;2*3-2(4,5)1(6)7/h1-6,9,14-15H,7-8,10-13,16-17H2,(H,26,30)(H,27,31);2*(H,6,7). The Morgan fingerprint density at radius 3 is 2.13 bits per heavy atom. The molecule has 3 aromatic rings. The molecule has 4 N–H and O–H groups in total. The van der Waals surface area contributed by atoms with Crippen LogP contribution in [0.2, 0.25) is 0 Å². The molecule has 0 radical (unpaired) electrons. The van der Waals surface area contributed by atoms with Crippen molar-refractivity contribution in [1.82, 2.24) is 25.4 Å². The van der Waals surface area contributed by atoms with Gasteiger partial charge in [-0.15, -0.1) is 0 Å². The number of carbonyl (C=O) groups is 4. The molecule has 0 bridgehead atoms. The molecule has 12 nitrogen and oxygen atoms in total. The Morgan fingerprint density at radius 2 is 1.59 bits per heavy atom. The molecule has 0 unspecified atom stereocenters. The fourth-order valence-electron chi connectivity index (χ4n) is 4.74. The third kappa shape index (κ3) is 9.64. The van der Waals surface area contributed by atoms with Crippen molar-refractivity contribution < 1.29 is 60.2 Å². The second-order valence-corrected chi connectivity index (χ2v) is 10.1. The number of rotatable bonds is 6. The molecule has 2 fully saturated rings. The summed E-state index contributed by atoms with van der Waals surface area (Å²) < 4.78 is 69.1. The van der Waals surface area contributed by atoms with Gasteiger partial charge in [0.25, 0.3) is 5.91 Å². The van der Waals surface area contributed by atoms with Crippen LogP contribution >= 0.6 is 0 Å². The van der Waals surface area contributed by atoms with Crippen molar-refractivity contribution in [2.75, 3.05) is 32.8 Å². The molecule has 18 heteroatoms. The number of nitrogens with zero attached hydrogens (tertiary/aromatic N) is 3. The van der Waals surface area contributed by atoms with Gasteiger partial charge in [0.15, 0.2) is 5.76 Å². The highest BCUT2D eigenvalue weighted by Gasteiger charge is 2.49. The summed E-state index contributed by atoms with van der Waals surface area (Å²) in [5.41, 5.74) is 1.37. The van der Waals surface area contributed by atoms with Gasteiger partial charge in [-0.1, -0.05) is 24.3 Å². The van der Waals surface area contributed by atoms with Crippen LogP contribution in [0.3, 0.4) is 0 Å². The highest BCUT2D eigenvalue weighted by molar-refractivity contribution is 5.96. The van der Waals surface area contributed by atoms with E-state index < -0.39 is 29.8 Å². The largest absolute Gasteiger partial charge is 0.490 e. The maximum Gasteiger partial charge on any atom is 0.490 e. The van der Waals surface area contributed by atoms with Gasteiger partial charge >= 0.3 is 24.3 Å². The smallest absolute Gasteiger partial charge is 0.475 e. The molecule has 1 aromatic carbocycles. The van der Waals surface area contributed by atoms with Crippen molar-refractivity contribution in [3.8, 4) is 0 Å². The number of benzene rings is 1. The lowest BCUT2D eigenvalue weighted by molar-refractivity contribution is -0.193. The van der Waals surface area contributed by atoms with Gasteiger partial charge in [-0.3, -0.25) is 19.5 Å². The fourth-order valence-corrected chi connectivity index (χ4v) is 4.74. The molecule has 4 heterocycles. The van der Waals surface area contributed by atoms with E-state index in [2.05, 4.69) is 25.4 Å². The predicted octanol–water partition coefficient (Wildman–Crippen LogP) is 3.25. The first-order chi connectivity index (χ1) is 21.5. The second kappa shape index (κ2) is 15.0. The van der Waals surface area contributed by atoms with Crippen LogP contribution in [0.15, 0.2) is 59.3 Å². The van der Waals surface area contributed by atoms with Crippen molar-refractivity contribution in [2.45, 2.75) is 37.3 Å². The molecule has 2 saturated heterocycles. The fraction of sp³-hybridized carbons (Fsp3) is 0.393. The molecule has 0 atom stereocenters. The number of hydrogen-bond donors (Lipinski definition) is 4. The first-order valence-corrected chi connectivity index (χ1v) is 13.5. The van der Waals surface area contributed by atoms with E-state index in [1.165, 1.54) is 0 Å². The van der Waals surface area contributed by atoms with Gasteiger partial charge in [0.2, 0.25) is 5.91 Å². The lowest BCUT2D eigenvalue weighted by Crippen LogP contribution is -2.56. The van der Waals surface area contributed by atoms with Crippen LogP contribution in [-0.4, -0.2) is 99.5 Å². The monoisotopic (exact) mass is 661 g/mol. The Kier molecular flexibility index (Phi) is 11.7. The number of likely N-dealkylation sites (tertiary alicyclic amines) is 1. The number of fused-ring (bicyclic) bond motifs is 1. The average molecular weight is 662 g/mol. The Bertz CT molecular complexity index is 1450. The van der Waals surface area contributed by atoms with Crippen LogP contribution in [0.4, 0.5) is 26.3 Å². The van der Waals surface area contributed by atoms with Crippen LogP contribution in [-0.2, 0) is 20.9 Å². The van der Waals surface area contributed by atoms with Gasteiger partial charge in [-0.25, -0.2) is 9.59 Å². The number of hydrogen-bond acceptors (Lipinski definition) is 8. The van der Waals surface area contributed by atoms with Crippen LogP contribution in [0, 0.1) is 0 Å². The number of furan rings is 1. The Balaban J connectivity index is 0.000000345. The average Bonchev–Trinajstić information content (AvgIpc) is 3.56. The molecule has 46 heavy (non-hydrogen) atoms. The number of aliphatic carboxylic acids is 2. The van der Waals surface area contributed by atoms with Gasteiger partial charge in [0.05, 0.1) is 6.67 Å². The molecule has 2 aliphatic rings. The van der Waals surface area contributed by atoms with Crippen LogP contribution in [0.1, 0.15) is 29.0 Å². The molecule has 1 spiro atoms. The molecule has 2 amide bonds. The molecule has 2 aromatic heterocycles. The van der Waals surface area contributed by atoms with E-state index in [-0.39, 0.29) is 11.8 Å². The minimum Gasteiger partial charge on any atom is -0.475 e. The maximum absolute atomic E-state index is 12.7. The maximum atomic E-state index is 12.7. The zero-order chi connectivity index (χ0) is 34.1. The van der Waals surface area contributed by atoms with E-state index in [4.69, 9.17) is 24.2 Å². The number of carboxylic acid groups (broad SMARTS) is 2. The van der Waals surface area contributed by atoms with Crippen LogP contribution in [0.5, 0.6) is 0 Å². The number of aromatic nitrogens is 1. The van der Waals surface area contributed by atoms with Crippen molar-refractivity contribution in [3.63, 3.8) is 0 Å². The normalized spacial score (nSPS) is 16.5. The van der Waals surface area contributed by atoms with Gasteiger partial charge in [-0.2, -0.15) is 26.3 Å². The van der Waals surface area contributed by atoms with Crippen LogP contribution < -0.4 is 10.6 Å². The summed E-state index contributed by atoms with van der Waals surface area (Å²) in [6.45, 7) is 4.19. The highest BCUT2D eigenvalue weighted by atomic mass is 19.4. The summed E-state index contributed by atoms with van der Waals surface area (Å²) in [5, 5.41) is 21.2. The Labute approximate surface area is 257 Å². The zero-order valence-corrected chi connectivity index (χ0v) is 23.9. The predicted molar refractivity (Wildman–Crippen MR) is 147 cm³/mol. The molecule has 2 aliphatic heterocycles. The lowest BCUT2D eigenvalue weighted by Gasteiger charge is -2.42. The molecule has 0 aliphatic carbocycles. The van der Waals surface area contributed by atoms with E-state index in [1.807, 2.05) is 42.6 Å². The minimum absolute atomic E-state index is 0.124. The van der Waals surface area contributed by atoms with E-state index in [9.17, 15) is 35.9 Å². The number of piperidine rings is 1. The van der Waals surface area contributed by atoms with Gasteiger partial charge in [0, 0.05) is 50.5 Å². The second-order valence-electron chi connectivity index (χ2n) is 10.1. The number of alkyl halides is 6. The summed E-state index contributed by atoms with van der Waals surface area (Å²) in [6, 6.07) is 13.3. The first kappa shape index (κ1) is 35.8. The third-order valence-electron chi connectivity index (χ3n) is 7.09. The highest BCUT2D eigenvalue weighted by Crippen LogP contribution is 2.33. The van der Waals surface area contributed by atoms with E-state index >= 15 is 0 Å². The van der Waals surface area contributed by atoms with Crippen molar-refractivity contribution in [3.05, 3.63) is 66.2 Å². The summed E-state index contributed by atoms with van der Waals surface area (Å²) >= 11 is 0. The third-order valence-corrected chi connectivity index (χ3v) is 7.09. The number of pyridine rings is 1. The van der Waals surface area contributed by atoms with Crippen molar-refractivity contribution in [2.24, 2.45) is 0 Å². The van der Waals surface area contributed by atoms with E-state index in [1.54, 1.807) is 12.3 Å². The summed E-state index contributed by atoms with van der Waals surface area (Å²) in [5.74, 6) is -5.26. The summed E-state index contributed by atoms with van der Waals surface area (Å²) in [7, 11) is 0. The topological polar surface area (TPSA) is 165 Å². The number of amides is 2. The van der Waals surface area contributed by atoms with Gasteiger partial charge < -0.3 is 30.2 Å². The molecular formula is C28H29F6N5O7. The molecule has 5 rings (SSSR count). The van der Waals surface area contributed by atoms with Crippen molar-refractivity contribution >= 4 is 34.7 Å². The Hall–Kier alpha value is -4.71. The first-order valence-electron chi connectivity index (χ1n) is 13.5. The lowest BCUT2D eigenvalue weighted by atomic mass is 9.86. The summed E-state index contributed by atoms with van der Waals surface area (Å²) in [6.07, 6.45) is -5.00. The van der Waals surface area contributed by atoms with Crippen molar-refractivity contribution in [1.29, 1.82) is 0 Å². The van der Waals surface area contributed by atoms with E-state index in [0.29, 0.717) is 31.1 Å². The quantitative estimate of drug-likeness (QED) is 0.288. The number of para-hydroxylation sites is 1. The summed E-state index contributed by atoms with van der Waals surface area (Å²) in [4.78, 5) is 51.7. The molecular weight excluding hydrogens is 632 g/mol. The SMILES string of the molecule is O=C(NCCN1CCC2(CC1)C(=O)NCN2Cc1cccnc1)c1cc2ccccc2o1.O=C(O)C(F)(F)F.O=C(O)C(F)(F)F. The van der Waals surface area contributed by atoms with Gasteiger partial charge in [0.1, 0.15) is 11.1 Å².